The van der Waals surface area contributed by atoms with Crippen LogP contribution in [0.2, 0.25) is 0 Å². The van der Waals surface area contributed by atoms with Crippen LogP contribution in [0.25, 0.3) is 0 Å². The van der Waals surface area contributed by atoms with Crippen LogP contribution in [-0.2, 0) is 9.53 Å². The molecule has 4 aliphatic carbocycles. The summed E-state index contributed by atoms with van der Waals surface area (Å²) in [6.07, 6.45) is 20.0. The summed E-state index contributed by atoms with van der Waals surface area (Å²) in [5.41, 5.74) is 1.13. The van der Waals surface area contributed by atoms with Gasteiger partial charge in [-0.05, 0) is 123 Å². The zero-order valence-corrected chi connectivity index (χ0v) is 22.0. The van der Waals surface area contributed by atoms with Crippen LogP contribution in [0.5, 0.6) is 0 Å². The van der Waals surface area contributed by atoms with Gasteiger partial charge in [0.05, 0.1) is 6.61 Å². The van der Waals surface area contributed by atoms with E-state index in [9.17, 15) is 4.79 Å². The fourth-order valence-corrected chi connectivity index (χ4v) is 9.64. The van der Waals surface area contributed by atoms with E-state index in [1.807, 2.05) is 0 Å². The Bertz CT molecular complexity index is 646. The maximum absolute atomic E-state index is 12.3. The van der Waals surface area contributed by atoms with Crippen molar-refractivity contribution in [1.82, 2.24) is 0 Å². The average molecular weight is 461 g/mol. The Hall–Kier alpha value is -0.570. The SMILES string of the molecule is C[C@H](CCC(=O)OCCCCCCO)[C@H]1CC[C@H]2[C@@H]3CC[C@@H]4CCCC[C@]4(C)[C@H]3CC[C@]12C. The fraction of sp³-hybridized carbons (Fsp3) is 0.967. The van der Waals surface area contributed by atoms with Crippen molar-refractivity contribution in [2.24, 2.45) is 46.3 Å². The van der Waals surface area contributed by atoms with Gasteiger partial charge >= 0.3 is 5.97 Å². The van der Waals surface area contributed by atoms with E-state index in [1.165, 1.54) is 64.2 Å². The van der Waals surface area contributed by atoms with Gasteiger partial charge in [-0.3, -0.25) is 4.79 Å². The molecule has 8 atom stereocenters. The lowest BCUT2D eigenvalue weighted by Crippen LogP contribution is -2.53. The number of hydrogen-bond donors (Lipinski definition) is 1. The summed E-state index contributed by atoms with van der Waals surface area (Å²) in [4.78, 5) is 12.3. The van der Waals surface area contributed by atoms with Crippen molar-refractivity contribution in [2.45, 2.75) is 124 Å². The molecule has 3 heteroatoms. The highest BCUT2D eigenvalue weighted by atomic mass is 16.5. The third-order valence-corrected chi connectivity index (χ3v) is 11.5. The Labute approximate surface area is 203 Å². The van der Waals surface area contributed by atoms with E-state index < -0.39 is 0 Å². The molecule has 3 nitrogen and oxygen atoms in total. The molecule has 4 rings (SSSR count). The first-order chi connectivity index (χ1) is 15.9. The van der Waals surface area contributed by atoms with Gasteiger partial charge in [0.1, 0.15) is 0 Å². The molecule has 4 fully saturated rings. The van der Waals surface area contributed by atoms with Gasteiger partial charge in [-0.1, -0.05) is 40.0 Å². The molecule has 0 unspecified atom stereocenters. The zero-order chi connectivity index (χ0) is 23.5. The van der Waals surface area contributed by atoms with Crippen molar-refractivity contribution in [1.29, 1.82) is 0 Å². The van der Waals surface area contributed by atoms with Crippen molar-refractivity contribution in [3.05, 3.63) is 0 Å². The van der Waals surface area contributed by atoms with Crippen molar-refractivity contribution in [3.63, 3.8) is 0 Å². The van der Waals surface area contributed by atoms with E-state index in [0.29, 0.717) is 29.8 Å². The number of ether oxygens (including phenoxy) is 1. The Morgan fingerprint density at radius 3 is 2.52 bits per heavy atom. The Balaban J connectivity index is 1.27. The highest BCUT2D eigenvalue weighted by Gasteiger charge is 2.60. The van der Waals surface area contributed by atoms with E-state index >= 15 is 0 Å². The van der Waals surface area contributed by atoms with Crippen molar-refractivity contribution in [2.75, 3.05) is 13.2 Å². The van der Waals surface area contributed by atoms with E-state index in [4.69, 9.17) is 9.84 Å². The largest absolute Gasteiger partial charge is 0.466 e. The number of hydrogen-bond acceptors (Lipinski definition) is 3. The van der Waals surface area contributed by atoms with Gasteiger partial charge in [0.15, 0.2) is 0 Å². The van der Waals surface area contributed by atoms with Crippen LogP contribution in [0.1, 0.15) is 124 Å². The van der Waals surface area contributed by atoms with Crippen LogP contribution in [0, 0.1) is 46.3 Å². The average Bonchev–Trinajstić information content (AvgIpc) is 3.16. The molecule has 0 aromatic heterocycles. The predicted molar refractivity (Wildman–Crippen MR) is 135 cm³/mol. The monoisotopic (exact) mass is 460 g/mol. The molecule has 4 saturated carbocycles. The summed E-state index contributed by atoms with van der Waals surface area (Å²) < 4.78 is 5.50. The lowest BCUT2D eigenvalue weighted by Gasteiger charge is -2.61. The second-order valence-corrected chi connectivity index (χ2v) is 13.0. The molecular weight excluding hydrogens is 408 g/mol. The minimum atomic E-state index is -0.00374. The lowest BCUT2D eigenvalue weighted by molar-refractivity contribution is -0.144. The third kappa shape index (κ3) is 5.19. The van der Waals surface area contributed by atoms with Crippen LogP contribution in [0.15, 0.2) is 0 Å². The van der Waals surface area contributed by atoms with Crippen LogP contribution in [-0.4, -0.2) is 24.3 Å². The summed E-state index contributed by atoms with van der Waals surface area (Å²) >= 11 is 0. The van der Waals surface area contributed by atoms with Crippen molar-refractivity contribution >= 4 is 5.97 Å². The van der Waals surface area contributed by atoms with E-state index in [2.05, 4.69) is 20.8 Å². The van der Waals surface area contributed by atoms with E-state index in [0.717, 1.165) is 61.7 Å². The molecule has 0 amide bonds. The maximum atomic E-state index is 12.3. The number of fused-ring (bicyclic) bond motifs is 5. The summed E-state index contributed by atoms with van der Waals surface area (Å²) in [7, 11) is 0. The Morgan fingerprint density at radius 1 is 0.909 bits per heavy atom. The van der Waals surface area contributed by atoms with Crippen LogP contribution in [0.4, 0.5) is 0 Å². The number of aliphatic hydroxyl groups is 1. The van der Waals surface area contributed by atoms with Crippen LogP contribution < -0.4 is 0 Å². The maximum Gasteiger partial charge on any atom is 0.305 e. The van der Waals surface area contributed by atoms with Crippen LogP contribution >= 0.6 is 0 Å². The molecule has 190 valence electrons. The second kappa shape index (κ2) is 11.0. The van der Waals surface area contributed by atoms with Crippen molar-refractivity contribution < 1.29 is 14.6 Å². The molecule has 33 heavy (non-hydrogen) atoms. The summed E-state index contributed by atoms with van der Waals surface area (Å²) in [6, 6.07) is 0. The zero-order valence-electron chi connectivity index (χ0n) is 22.0. The quantitative estimate of drug-likeness (QED) is 0.270. The highest BCUT2D eigenvalue weighted by molar-refractivity contribution is 5.69. The molecular formula is C30H52O3. The molecule has 1 N–H and O–H groups in total. The smallest absolute Gasteiger partial charge is 0.305 e. The minimum Gasteiger partial charge on any atom is -0.466 e. The normalized spacial score (nSPS) is 41.0. The molecule has 0 radical (unpaired) electrons. The van der Waals surface area contributed by atoms with Gasteiger partial charge in [-0.15, -0.1) is 0 Å². The molecule has 0 spiro atoms. The minimum absolute atomic E-state index is 0.00374. The predicted octanol–water partition coefficient (Wildman–Crippen LogP) is 7.55. The standard InChI is InChI=1S/C30H52O3/c1-22(11-16-28(32)33-21-9-5-4-8-20-31)25-14-15-26-24-13-12-23-10-6-7-18-29(23,2)27(24)17-19-30(25,26)3/h22-27,31H,4-21H2,1-3H3/t22-,23+,24+,25-,26+,27+,29+,30-/m1/s1. The first-order valence-electron chi connectivity index (χ1n) is 14.7. The molecule has 0 aromatic carbocycles. The molecule has 4 aliphatic rings. The van der Waals surface area contributed by atoms with Gasteiger partial charge in [0.2, 0.25) is 0 Å². The number of carbonyl (C=O) groups is 1. The fourth-order valence-electron chi connectivity index (χ4n) is 9.64. The van der Waals surface area contributed by atoms with Gasteiger partial charge < -0.3 is 9.84 Å². The summed E-state index contributed by atoms with van der Waals surface area (Å²) in [5, 5.41) is 8.84. The lowest BCUT2D eigenvalue weighted by atomic mass is 9.44. The summed E-state index contributed by atoms with van der Waals surface area (Å²) in [6.45, 7) is 8.56. The first-order valence-corrected chi connectivity index (χ1v) is 14.7. The summed E-state index contributed by atoms with van der Waals surface area (Å²) in [5.74, 6) is 5.29. The second-order valence-electron chi connectivity index (χ2n) is 13.0. The van der Waals surface area contributed by atoms with Gasteiger partial charge in [0, 0.05) is 13.0 Å². The number of carbonyl (C=O) groups excluding carboxylic acids is 1. The highest BCUT2D eigenvalue weighted by Crippen LogP contribution is 2.68. The Morgan fingerprint density at radius 2 is 1.70 bits per heavy atom. The molecule has 0 aliphatic heterocycles. The van der Waals surface area contributed by atoms with E-state index in [1.54, 1.807) is 0 Å². The molecule has 0 heterocycles. The Kier molecular flexibility index (Phi) is 8.51. The van der Waals surface area contributed by atoms with Gasteiger partial charge in [-0.25, -0.2) is 0 Å². The molecule has 0 bridgehead atoms. The third-order valence-electron chi connectivity index (χ3n) is 11.5. The molecule has 0 aromatic rings. The first kappa shape index (κ1) is 25.5. The van der Waals surface area contributed by atoms with Crippen molar-refractivity contribution in [3.8, 4) is 0 Å². The number of unbranched alkanes of at least 4 members (excludes halogenated alkanes) is 3. The topological polar surface area (TPSA) is 46.5 Å². The van der Waals surface area contributed by atoms with Crippen LogP contribution in [0.3, 0.4) is 0 Å². The van der Waals surface area contributed by atoms with Gasteiger partial charge in [0.25, 0.3) is 0 Å². The van der Waals surface area contributed by atoms with Gasteiger partial charge in [-0.2, -0.15) is 0 Å². The molecule has 0 saturated heterocycles. The number of esters is 1. The number of aliphatic hydroxyl groups excluding tert-OH is 1. The number of rotatable bonds is 10. The van der Waals surface area contributed by atoms with E-state index in [-0.39, 0.29) is 12.6 Å².